The second-order valence-electron chi connectivity index (χ2n) is 7.59. The van der Waals surface area contributed by atoms with Crippen LogP contribution in [0, 0.1) is 13.8 Å². The molecular formula is C23H29N5O3. The molecule has 1 saturated heterocycles. The van der Waals surface area contributed by atoms with Gasteiger partial charge in [-0.1, -0.05) is 18.2 Å². The molecule has 1 aromatic heterocycles. The first-order valence-corrected chi connectivity index (χ1v) is 10.5. The van der Waals surface area contributed by atoms with Crippen molar-refractivity contribution in [2.75, 3.05) is 32.7 Å². The first-order chi connectivity index (χ1) is 14.9. The lowest BCUT2D eigenvalue weighted by molar-refractivity contribution is -0.138. The Morgan fingerprint density at radius 3 is 2.32 bits per heavy atom. The van der Waals surface area contributed by atoms with Gasteiger partial charge in [-0.25, -0.2) is 4.68 Å². The molecule has 1 aromatic carbocycles. The van der Waals surface area contributed by atoms with Crippen LogP contribution >= 0.6 is 0 Å². The molecule has 0 atom stereocenters. The van der Waals surface area contributed by atoms with Crippen LogP contribution in [-0.4, -0.2) is 70.0 Å². The van der Waals surface area contributed by atoms with Crippen LogP contribution in [0.1, 0.15) is 30.3 Å². The van der Waals surface area contributed by atoms with E-state index in [1.54, 1.807) is 15.9 Å². The lowest BCUT2D eigenvalue weighted by atomic mass is 10.2. The number of hydrogen-bond acceptors (Lipinski definition) is 4. The van der Waals surface area contributed by atoms with Gasteiger partial charge in [0.15, 0.2) is 0 Å². The highest BCUT2D eigenvalue weighted by atomic mass is 16.2. The van der Waals surface area contributed by atoms with Crippen molar-refractivity contribution in [3.63, 3.8) is 0 Å². The molecule has 2 aromatic rings. The smallest absolute Gasteiger partial charge is 0.244 e. The molecule has 8 heteroatoms. The van der Waals surface area contributed by atoms with E-state index in [1.165, 1.54) is 13.0 Å². The molecule has 0 spiro atoms. The standard InChI is InChI=1S/C23H29N5O3/c1-17-21(18(2)28(25-17)20-7-5-4-6-8-20)9-10-22(30)24-12-11-23(31)27-15-13-26(14-16-27)19(3)29/h4-10H,11-16H2,1-3H3,(H,24,30). The van der Waals surface area contributed by atoms with Crippen molar-refractivity contribution in [3.05, 3.63) is 53.4 Å². The number of aromatic nitrogens is 2. The fourth-order valence-electron chi connectivity index (χ4n) is 3.66. The lowest BCUT2D eigenvalue weighted by Crippen LogP contribution is -2.50. The van der Waals surface area contributed by atoms with Crippen molar-refractivity contribution < 1.29 is 14.4 Å². The molecule has 1 aliphatic rings. The largest absolute Gasteiger partial charge is 0.352 e. The molecule has 31 heavy (non-hydrogen) atoms. The summed E-state index contributed by atoms with van der Waals surface area (Å²) in [5.41, 5.74) is 3.66. The van der Waals surface area contributed by atoms with Gasteiger partial charge in [-0.2, -0.15) is 5.10 Å². The van der Waals surface area contributed by atoms with Gasteiger partial charge >= 0.3 is 0 Å². The Morgan fingerprint density at radius 2 is 1.68 bits per heavy atom. The Balaban J connectivity index is 1.49. The van der Waals surface area contributed by atoms with Crippen molar-refractivity contribution in [1.82, 2.24) is 24.9 Å². The Bertz CT molecular complexity index is 973. The molecule has 1 fully saturated rings. The number of piperazine rings is 1. The monoisotopic (exact) mass is 423 g/mol. The maximum absolute atomic E-state index is 12.3. The summed E-state index contributed by atoms with van der Waals surface area (Å²) >= 11 is 0. The van der Waals surface area contributed by atoms with E-state index in [0.29, 0.717) is 26.2 Å². The molecule has 8 nitrogen and oxygen atoms in total. The van der Waals surface area contributed by atoms with Gasteiger partial charge in [-0.3, -0.25) is 14.4 Å². The van der Waals surface area contributed by atoms with E-state index in [0.717, 1.165) is 22.6 Å². The van der Waals surface area contributed by atoms with Crippen LogP contribution < -0.4 is 5.32 Å². The van der Waals surface area contributed by atoms with E-state index in [9.17, 15) is 14.4 Å². The van der Waals surface area contributed by atoms with Crippen LogP contribution in [0.4, 0.5) is 0 Å². The van der Waals surface area contributed by atoms with Gasteiger partial charge in [0.1, 0.15) is 0 Å². The fourth-order valence-corrected chi connectivity index (χ4v) is 3.66. The van der Waals surface area contributed by atoms with Crippen molar-refractivity contribution in [2.24, 2.45) is 0 Å². The molecule has 0 radical (unpaired) electrons. The maximum atomic E-state index is 12.3. The number of amides is 3. The summed E-state index contributed by atoms with van der Waals surface area (Å²) in [5, 5.41) is 7.33. The molecule has 0 unspecified atom stereocenters. The molecule has 3 amide bonds. The van der Waals surface area contributed by atoms with E-state index in [4.69, 9.17) is 0 Å². The van der Waals surface area contributed by atoms with E-state index in [-0.39, 0.29) is 30.7 Å². The molecule has 1 N–H and O–H groups in total. The number of nitrogens with one attached hydrogen (secondary N) is 1. The molecule has 0 bridgehead atoms. The SMILES string of the molecule is CC(=O)N1CCN(C(=O)CCNC(=O)C=Cc2c(C)nn(-c3ccccc3)c2C)CC1. The van der Waals surface area contributed by atoms with Crippen molar-refractivity contribution in [2.45, 2.75) is 27.2 Å². The quantitative estimate of drug-likeness (QED) is 0.717. The Kier molecular flexibility index (Phi) is 7.23. The number of hydrogen-bond donors (Lipinski definition) is 1. The van der Waals surface area contributed by atoms with Crippen LogP contribution in [-0.2, 0) is 14.4 Å². The summed E-state index contributed by atoms with van der Waals surface area (Å²) in [6.45, 7) is 7.89. The summed E-state index contributed by atoms with van der Waals surface area (Å²) in [5.74, 6) is -0.227. The van der Waals surface area contributed by atoms with Crippen LogP contribution in [0.25, 0.3) is 11.8 Å². The van der Waals surface area contributed by atoms with Gasteiger partial charge in [0.05, 0.1) is 11.4 Å². The normalized spacial score (nSPS) is 14.2. The van der Waals surface area contributed by atoms with Gasteiger partial charge < -0.3 is 15.1 Å². The number of rotatable bonds is 6. The molecule has 164 valence electrons. The highest BCUT2D eigenvalue weighted by Gasteiger charge is 2.21. The number of para-hydroxylation sites is 1. The third-order valence-corrected chi connectivity index (χ3v) is 5.47. The maximum Gasteiger partial charge on any atom is 0.244 e. The summed E-state index contributed by atoms with van der Waals surface area (Å²) in [6.07, 6.45) is 3.47. The highest BCUT2D eigenvalue weighted by Crippen LogP contribution is 2.19. The Labute approximate surface area is 182 Å². The number of benzene rings is 1. The molecule has 1 aliphatic heterocycles. The first-order valence-electron chi connectivity index (χ1n) is 10.5. The topological polar surface area (TPSA) is 87.5 Å². The first kappa shape index (κ1) is 22.3. The zero-order valence-corrected chi connectivity index (χ0v) is 18.3. The van der Waals surface area contributed by atoms with Gasteiger partial charge in [-0.05, 0) is 32.1 Å². The molecular weight excluding hydrogens is 394 g/mol. The molecule has 0 saturated carbocycles. The minimum absolute atomic E-state index is 0.0108. The van der Waals surface area contributed by atoms with E-state index in [2.05, 4.69) is 10.4 Å². The summed E-state index contributed by atoms with van der Waals surface area (Å²) in [4.78, 5) is 39.3. The molecule has 0 aliphatic carbocycles. The van der Waals surface area contributed by atoms with Gasteiger partial charge in [0, 0.05) is 63.4 Å². The zero-order valence-electron chi connectivity index (χ0n) is 18.3. The minimum atomic E-state index is -0.250. The zero-order chi connectivity index (χ0) is 22.4. The van der Waals surface area contributed by atoms with E-state index in [1.807, 2.05) is 48.9 Å². The Hall–Kier alpha value is -3.42. The summed E-state index contributed by atoms with van der Waals surface area (Å²) < 4.78 is 1.86. The second-order valence-corrected chi connectivity index (χ2v) is 7.59. The van der Waals surface area contributed by atoms with Crippen LogP contribution in [0.2, 0.25) is 0 Å². The molecule has 3 rings (SSSR count). The number of carbonyl (C=O) groups is 3. The van der Waals surface area contributed by atoms with Crippen LogP contribution in [0.15, 0.2) is 36.4 Å². The average Bonchev–Trinajstić information content (AvgIpc) is 3.06. The van der Waals surface area contributed by atoms with Crippen molar-refractivity contribution in [3.8, 4) is 5.69 Å². The highest BCUT2D eigenvalue weighted by molar-refractivity contribution is 5.92. The van der Waals surface area contributed by atoms with Crippen molar-refractivity contribution in [1.29, 1.82) is 0 Å². The van der Waals surface area contributed by atoms with Gasteiger partial charge in [-0.15, -0.1) is 0 Å². The third kappa shape index (κ3) is 5.59. The minimum Gasteiger partial charge on any atom is -0.352 e. The van der Waals surface area contributed by atoms with Gasteiger partial charge in [0.25, 0.3) is 0 Å². The number of nitrogens with zero attached hydrogens (tertiary/aromatic N) is 4. The lowest BCUT2D eigenvalue weighted by Gasteiger charge is -2.34. The van der Waals surface area contributed by atoms with Crippen LogP contribution in [0.3, 0.4) is 0 Å². The fraction of sp³-hybridized carbons (Fsp3) is 0.391. The van der Waals surface area contributed by atoms with Crippen LogP contribution in [0.5, 0.6) is 0 Å². The predicted molar refractivity (Wildman–Crippen MR) is 119 cm³/mol. The summed E-state index contributed by atoms with van der Waals surface area (Å²) in [6, 6.07) is 9.84. The van der Waals surface area contributed by atoms with E-state index < -0.39 is 0 Å². The Morgan fingerprint density at radius 1 is 1.03 bits per heavy atom. The second kappa shape index (κ2) is 10.1. The number of aryl methyl sites for hydroxylation is 1. The average molecular weight is 424 g/mol. The van der Waals surface area contributed by atoms with Crippen molar-refractivity contribution >= 4 is 23.8 Å². The van der Waals surface area contributed by atoms with Gasteiger partial charge in [0.2, 0.25) is 17.7 Å². The third-order valence-electron chi connectivity index (χ3n) is 5.47. The summed E-state index contributed by atoms with van der Waals surface area (Å²) in [7, 11) is 0. The number of carbonyl (C=O) groups excluding carboxylic acids is 3. The predicted octanol–water partition coefficient (Wildman–Crippen LogP) is 1.70. The molecule has 2 heterocycles. The van der Waals surface area contributed by atoms with E-state index >= 15 is 0 Å².